The highest BCUT2D eigenvalue weighted by molar-refractivity contribution is 9.09. The second-order valence-corrected chi connectivity index (χ2v) is 8.89. The Balaban J connectivity index is 1.65. The molecule has 0 bridgehead atoms. The third-order valence-corrected chi connectivity index (χ3v) is 6.75. The zero-order chi connectivity index (χ0) is 15.0. The Labute approximate surface area is 137 Å². The molecule has 1 aromatic carbocycles. The van der Waals surface area contributed by atoms with Crippen LogP contribution in [0.25, 0.3) is 0 Å². The number of fused-ring (bicyclic) bond motifs is 1. The number of halogens is 1. The van der Waals surface area contributed by atoms with Gasteiger partial charge in [0.2, 0.25) is 0 Å². The third kappa shape index (κ3) is 3.37. The predicted molar refractivity (Wildman–Crippen MR) is 91.5 cm³/mol. The standard InChI is InChI=1S/C19H27BrO/c1-19(2,3)17-8-6-13(7-9-17)18(20)14-4-5-15-11-21-12-16(15)10-14/h4-5,10,13,17-18H,6-9,11-12H2,1-3H3. The maximum absolute atomic E-state index is 5.53. The van der Waals surface area contributed by atoms with Crippen LogP contribution in [0.15, 0.2) is 18.2 Å². The van der Waals surface area contributed by atoms with E-state index < -0.39 is 0 Å². The average Bonchev–Trinajstić information content (AvgIpc) is 2.93. The van der Waals surface area contributed by atoms with Crippen LogP contribution in [-0.4, -0.2) is 0 Å². The van der Waals surface area contributed by atoms with Gasteiger partial charge in [0.25, 0.3) is 0 Å². The van der Waals surface area contributed by atoms with Gasteiger partial charge in [-0.1, -0.05) is 54.9 Å². The van der Waals surface area contributed by atoms with Gasteiger partial charge in [-0.2, -0.15) is 0 Å². The van der Waals surface area contributed by atoms with E-state index in [1.807, 2.05) is 0 Å². The highest BCUT2D eigenvalue weighted by Gasteiger charge is 2.32. The van der Waals surface area contributed by atoms with Gasteiger partial charge in [-0.25, -0.2) is 0 Å². The van der Waals surface area contributed by atoms with Crippen molar-refractivity contribution in [3.8, 4) is 0 Å². The second-order valence-electron chi connectivity index (χ2n) is 7.90. The van der Waals surface area contributed by atoms with Crippen molar-refractivity contribution in [1.29, 1.82) is 0 Å². The van der Waals surface area contributed by atoms with Gasteiger partial charge < -0.3 is 4.74 Å². The average molecular weight is 351 g/mol. The molecular weight excluding hydrogens is 324 g/mol. The highest BCUT2D eigenvalue weighted by atomic mass is 79.9. The van der Waals surface area contributed by atoms with Gasteiger partial charge in [0.15, 0.2) is 0 Å². The summed E-state index contributed by atoms with van der Waals surface area (Å²) in [7, 11) is 0. The molecule has 21 heavy (non-hydrogen) atoms. The number of ether oxygens (including phenoxy) is 1. The quantitative estimate of drug-likeness (QED) is 0.593. The van der Waals surface area contributed by atoms with Crippen LogP contribution in [0.5, 0.6) is 0 Å². The summed E-state index contributed by atoms with van der Waals surface area (Å²) in [5, 5.41) is 0. The fourth-order valence-electron chi connectivity index (χ4n) is 3.91. The predicted octanol–water partition coefficient (Wildman–Crippen LogP) is 6.01. The number of benzene rings is 1. The number of hydrogen-bond donors (Lipinski definition) is 0. The lowest BCUT2D eigenvalue weighted by Gasteiger charge is -2.38. The first-order valence-electron chi connectivity index (χ1n) is 8.28. The normalized spacial score (nSPS) is 27.4. The number of rotatable bonds is 2. The molecule has 0 amide bonds. The van der Waals surface area contributed by atoms with Crippen LogP contribution in [-0.2, 0) is 18.0 Å². The van der Waals surface area contributed by atoms with Gasteiger partial charge >= 0.3 is 0 Å². The molecular formula is C19H27BrO. The van der Waals surface area contributed by atoms with Crippen LogP contribution in [0.1, 0.15) is 68.0 Å². The van der Waals surface area contributed by atoms with Crippen LogP contribution >= 0.6 is 15.9 Å². The van der Waals surface area contributed by atoms with Crippen LogP contribution < -0.4 is 0 Å². The first kappa shape index (κ1) is 15.6. The zero-order valence-electron chi connectivity index (χ0n) is 13.5. The molecule has 2 aliphatic rings. The molecule has 0 radical (unpaired) electrons. The number of hydrogen-bond acceptors (Lipinski definition) is 1. The Morgan fingerprint density at radius 3 is 2.38 bits per heavy atom. The SMILES string of the molecule is CC(C)(C)C1CCC(C(Br)c2ccc3c(c2)COC3)CC1. The molecule has 1 atom stereocenters. The van der Waals surface area contributed by atoms with E-state index in [-0.39, 0.29) is 0 Å². The van der Waals surface area contributed by atoms with Crippen LogP contribution in [0.4, 0.5) is 0 Å². The molecule has 1 unspecified atom stereocenters. The van der Waals surface area contributed by atoms with E-state index >= 15 is 0 Å². The molecule has 1 saturated carbocycles. The summed E-state index contributed by atoms with van der Waals surface area (Å²) in [4.78, 5) is 0.504. The maximum atomic E-state index is 5.53. The molecule has 0 saturated heterocycles. The molecule has 0 spiro atoms. The van der Waals surface area contributed by atoms with Gasteiger partial charge in [0, 0.05) is 4.83 Å². The van der Waals surface area contributed by atoms with Gasteiger partial charge in [-0.3, -0.25) is 0 Å². The first-order chi connectivity index (χ1) is 9.95. The lowest BCUT2D eigenvalue weighted by Crippen LogP contribution is -2.27. The maximum Gasteiger partial charge on any atom is 0.0725 e. The fourth-order valence-corrected chi connectivity index (χ4v) is 4.73. The Bertz CT molecular complexity index is 495. The van der Waals surface area contributed by atoms with Crippen LogP contribution in [0.3, 0.4) is 0 Å². The summed E-state index contributed by atoms with van der Waals surface area (Å²) in [5.41, 5.74) is 4.67. The summed E-state index contributed by atoms with van der Waals surface area (Å²) in [6, 6.07) is 6.91. The lowest BCUT2D eigenvalue weighted by molar-refractivity contribution is 0.134. The van der Waals surface area contributed by atoms with Crippen molar-refractivity contribution in [3.05, 3.63) is 34.9 Å². The second kappa shape index (κ2) is 6.04. The van der Waals surface area contributed by atoms with Gasteiger partial charge in [0.1, 0.15) is 0 Å². The summed E-state index contributed by atoms with van der Waals surface area (Å²) < 4.78 is 5.53. The molecule has 3 rings (SSSR count). The Morgan fingerprint density at radius 1 is 1.05 bits per heavy atom. The van der Waals surface area contributed by atoms with E-state index in [2.05, 4.69) is 54.9 Å². The van der Waals surface area contributed by atoms with Crippen molar-refractivity contribution >= 4 is 15.9 Å². The highest BCUT2D eigenvalue weighted by Crippen LogP contribution is 2.46. The molecule has 1 fully saturated rings. The van der Waals surface area contributed by atoms with Gasteiger partial charge in [-0.05, 0) is 59.6 Å². The van der Waals surface area contributed by atoms with Crippen molar-refractivity contribution in [2.24, 2.45) is 17.3 Å². The van der Waals surface area contributed by atoms with E-state index in [1.165, 1.54) is 42.4 Å². The molecule has 116 valence electrons. The van der Waals surface area contributed by atoms with Crippen molar-refractivity contribution in [3.63, 3.8) is 0 Å². The molecule has 1 aliphatic heterocycles. The zero-order valence-corrected chi connectivity index (χ0v) is 15.1. The summed E-state index contributed by atoms with van der Waals surface area (Å²) in [6.45, 7) is 8.76. The van der Waals surface area contributed by atoms with Gasteiger partial charge in [0.05, 0.1) is 13.2 Å². The Kier molecular flexibility index (Phi) is 4.47. The Morgan fingerprint density at radius 2 is 1.71 bits per heavy atom. The molecule has 0 aromatic heterocycles. The van der Waals surface area contributed by atoms with Crippen molar-refractivity contribution < 1.29 is 4.74 Å². The Hall–Kier alpha value is -0.340. The first-order valence-corrected chi connectivity index (χ1v) is 9.20. The van der Waals surface area contributed by atoms with E-state index in [1.54, 1.807) is 0 Å². The minimum Gasteiger partial charge on any atom is -0.372 e. The fraction of sp³-hybridized carbons (Fsp3) is 0.684. The molecule has 1 nitrogen and oxygen atoms in total. The largest absolute Gasteiger partial charge is 0.372 e. The van der Waals surface area contributed by atoms with Crippen molar-refractivity contribution in [1.82, 2.24) is 0 Å². The van der Waals surface area contributed by atoms with E-state index in [0.717, 1.165) is 25.0 Å². The minimum absolute atomic E-state index is 0.470. The lowest BCUT2D eigenvalue weighted by atomic mass is 9.69. The van der Waals surface area contributed by atoms with E-state index in [9.17, 15) is 0 Å². The molecule has 1 heterocycles. The molecule has 0 N–H and O–H groups in total. The van der Waals surface area contributed by atoms with Crippen LogP contribution in [0, 0.1) is 17.3 Å². The number of alkyl halides is 1. The summed E-state index contributed by atoms with van der Waals surface area (Å²) >= 11 is 3.99. The molecule has 1 aliphatic carbocycles. The summed E-state index contributed by atoms with van der Waals surface area (Å²) in [6.07, 6.45) is 5.46. The minimum atomic E-state index is 0.470. The monoisotopic (exact) mass is 350 g/mol. The smallest absolute Gasteiger partial charge is 0.0725 e. The van der Waals surface area contributed by atoms with Crippen molar-refractivity contribution in [2.45, 2.75) is 64.5 Å². The topological polar surface area (TPSA) is 9.23 Å². The molecule has 2 heteroatoms. The van der Waals surface area contributed by atoms with E-state index in [0.29, 0.717) is 10.2 Å². The summed E-state index contributed by atoms with van der Waals surface area (Å²) in [5.74, 6) is 1.67. The van der Waals surface area contributed by atoms with Gasteiger partial charge in [-0.15, -0.1) is 0 Å². The van der Waals surface area contributed by atoms with Crippen molar-refractivity contribution in [2.75, 3.05) is 0 Å². The molecule has 1 aromatic rings. The van der Waals surface area contributed by atoms with Crippen LogP contribution in [0.2, 0.25) is 0 Å². The van der Waals surface area contributed by atoms with E-state index in [4.69, 9.17) is 4.74 Å². The third-order valence-electron chi connectivity index (χ3n) is 5.47.